The number of hydrogen-bond donors (Lipinski definition) is 2. The number of hydrazone groups is 1. The van der Waals surface area contributed by atoms with E-state index in [1.165, 1.54) is 6.07 Å². The molecule has 2 aromatic heterocycles. The van der Waals surface area contributed by atoms with Gasteiger partial charge in [-0.3, -0.25) is 4.79 Å². The summed E-state index contributed by atoms with van der Waals surface area (Å²) in [5.74, 6) is 0.0536. The quantitative estimate of drug-likeness (QED) is 0.402. The number of nitrogens with zero attached hydrogens (tertiary/aromatic N) is 1. The lowest BCUT2D eigenvalue weighted by molar-refractivity contribution is -0.127. The summed E-state index contributed by atoms with van der Waals surface area (Å²) in [7, 11) is 0. The summed E-state index contributed by atoms with van der Waals surface area (Å²) in [5, 5.41) is 5.00. The molecule has 1 aromatic carbocycles. The second-order valence-corrected chi connectivity index (χ2v) is 6.81. The highest BCUT2D eigenvalue weighted by Crippen LogP contribution is 2.23. The van der Waals surface area contributed by atoms with Crippen LogP contribution in [0.25, 0.3) is 11.0 Å². The van der Waals surface area contributed by atoms with Gasteiger partial charge >= 0.3 is 5.63 Å². The largest absolute Gasteiger partial charge is 0.481 e. The Morgan fingerprint density at radius 2 is 1.96 bits per heavy atom. The molecule has 0 aliphatic rings. The van der Waals surface area contributed by atoms with Crippen molar-refractivity contribution in [3.8, 4) is 5.75 Å². The number of ether oxygens (including phenoxy) is 1. The summed E-state index contributed by atoms with van der Waals surface area (Å²) in [5.41, 5.74) is 7.10. The number of carbonyl (C=O) groups is 1. The van der Waals surface area contributed by atoms with E-state index in [2.05, 4.69) is 15.5 Å². The lowest BCUT2D eigenvalue weighted by Crippen LogP contribution is -2.34. The van der Waals surface area contributed by atoms with Gasteiger partial charge in [0.05, 0.1) is 5.71 Å². The van der Waals surface area contributed by atoms with Gasteiger partial charge in [-0.25, -0.2) is 10.2 Å². The van der Waals surface area contributed by atoms with Gasteiger partial charge in [0.2, 0.25) is 0 Å². The van der Waals surface area contributed by atoms with Gasteiger partial charge in [-0.05, 0) is 57.9 Å². The van der Waals surface area contributed by atoms with Crippen LogP contribution in [0, 0.1) is 20.8 Å². The second kappa shape index (κ2) is 7.72. The Morgan fingerprint density at radius 1 is 1.21 bits per heavy atom. The van der Waals surface area contributed by atoms with E-state index in [0.717, 1.165) is 27.8 Å². The first-order valence-electron chi connectivity index (χ1n) is 8.96. The Bertz CT molecular complexity index is 1100. The van der Waals surface area contributed by atoms with E-state index in [-0.39, 0.29) is 5.91 Å². The lowest BCUT2D eigenvalue weighted by Gasteiger charge is -2.14. The Morgan fingerprint density at radius 3 is 2.64 bits per heavy atom. The van der Waals surface area contributed by atoms with Gasteiger partial charge in [-0.15, -0.1) is 0 Å². The van der Waals surface area contributed by atoms with Gasteiger partial charge in [0, 0.05) is 35.0 Å². The van der Waals surface area contributed by atoms with E-state index in [1.54, 1.807) is 25.1 Å². The van der Waals surface area contributed by atoms with Crippen LogP contribution in [-0.4, -0.2) is 22.7 Å². The van der Waals surface area contributed by atoms with Crippen molar-refractivity contribution in [3.63, 3.8) is 0 Å². The predicted octanol–water partition coefficient (Wildman–Crippen LogP) is 3.35. The van der Waals surface area contributed by atoms with Crippen molar-refractivity contribution >= 4 is 22.6 Å². The molecule has 0 saturated carbocycles. The maximum Gasteiger partial charge on any atom is 0.336 e. The number of aromatic amines is 1. The third-order valence-electron chi connectivity index (χ3n) is 4.58. The Labute approximate surface area is 162 Å². The van der Waals surface area contributed by atoms with Crippen LogP contribution >= 0.6 is 0 Å². The molecule has 1 atom stereocenters. The summed E-state index contributed by atoms with van der Waals surface area (Å²) >= 11 is 0. The molecule has 2 heterocycles. The average molecular weight is 381 g/mol. The number of H-pyrrole nitrogens is 1. The Kier molecular flexibility index (Phi) is 5.35. The van der Waals surface area contributed by atoms with E-state index in [9.17, 15) is 9.59 Å². The molecule has 28 heavy (non-hydrogen) atoms. The van der Waals surface area contributed by atoms with E-state index in [0.29, 0.717) is 17.0 Å². The van der Waals surface area contributed by atoms with Crippen LogP contribution in [0.2, 0.25) is 0 Å². The molecule has 0 radical (unpaired) electrons. The zero-order chi connectivity index (χ0) is 20.4. The third kappa shape index (κ3) is 3.98. The average Bonchev–Trinajstić information content (AvgIpc) is 2.97. The van der Waals surface area contributed by atoms with Gasteiger partial charge < -0.3 is 14.1 Å². The molecule has 3 rings (SSSR count). The molecule has 3 aromatic rings. The summed E-state index contributed by atoms with van der Waals surface area (Å²) < 4.78 is 10.9. The molecule has 0 fully saturated rings. The van der Waals surface area contributed by atoms with Crippen LogP contribution in [0.3, 0.4) is 0 Å². The van der Waals surface area contributed by atoms with Crippen molar-refractivity contribution < 1.29 is 13.9 Å². The number of nitrogens with one attached hydrogen (secondary N) is 2. The van der Waals surface area contributed by atoms with Gasteiger partial charge in [-0.1, -0.05) is 0 Å². The van der Waals surface area contributed by atoms with Crippen LogP contribution in [0.1, 0.15) is 36.2 Å². The van der Waals surface area contributed by atoms with Crippen molar-refractivity contribution in [1.82, 2.24) is 10.4 Å². The van der Waals surface area contributed by atoms with E-state index in [1.807, 2.05) is 33.9 Å². The van der Waals surface area contributed by atoms with Gasteiger partial charge in [0.1, 0.15) is 11.3 Å². The van der Waals surface area contributed by atoms with Crippen molar-refractivity contribution in [2.75, 3.05) is 0 Å². The van der Waals surface area contributed by atoms with Crippen LogP contribution in [0.4, 0.5) is 0 Å². The number of amides is 1. The Balaban J connectivity index is 1.71. The molecule has 2 N–H and O–H groups in total. The lowest BCUT2D eigenvalue weighted by atomic mass is 10.1. The minimum atomic E-state index is -0.779. The highest BCUT2D eigenvalue weighted by molar-refractivity contribution is 6.01. The molecule has 0 saturated heterocycles. The number of benzene rings is 1. The highest BCUT2D eigenvalue weighted by Gasteiger charge is 2.16. The van der Waals surface area contributed by atoms with Crippen molar-refractivity contribution in [1.29, 1.82) is 0 Å². The van der Waals surface area contributed by atoms with Crippen LogP contribution < -0.4 is 15.8 Å². The maximum atomic E-state index is 12.3. The highest BCUT2D eigenvalue weighted by atomic mass is 16.5. The number of aromatic nitrogens is 1. The summed E-state index contributed by atoms with van der Waals surface area (Å²) in [6.45, 7) is 9.23. The minimum Gasteiger partial charge on any atom is -0.481 e. The molecule has 7 nitrogen and oxygen atoms in total. The van der Waals surface area contributed by atoms with E-state index < -0.39 is 11.7 Å². The molecular weight excluding hydrogens is 358 g/mol. The predicted molar refractivity (Wildman–Crippen MR) is 108 cm³/mol. The molecule has 146 valence electrons. The smallest absolute Gasteiger partial charge is 0.336 e. The normalized spacial score (nSPS) is 12.8. The maximum absolute atomic E-state index is 12.3. The minimum absolute atomic E-state index is 0.379. The first-order valence-corrected chi connectivity index (χ1v) is 8.96. The van der Waals surface area contributed by atoms with E-state index in [4.69, 9.17) is 9.15 Å². The fourth-order valence-corrected chi connectivity index (χ4v) is 3.14. The molecule has 0 aliphatic heterocycles. The molecule has 0 spiro atoms. The SMILES string of the molecule is C/C(=N\NC(=O)[C@H](C)Oc1ccc2c(C)cc(=O)oc2c1)c1c(C)c[nH]c1C. The third-order valence-corrected chi connectivity index (χ3v) is 4.58. The number of hydrogen-bond acceptors (Lipinski definition) is 5. The van der Waals surface area contributed by atoms with Gasteiger partial charge in [-0.2, -0.15) is 5.10 Å². The molecule has 0 bridgehead atoms. The fraction of sp³-hybridized carbons (Fsp3) is 0.286. The van der Waals surface area contributed by atoms with Crippen LogP contribution in [0.5, 0.6) is 5.75 Å². The molecular formula is C21H23N3O4. The molecule has 7 heteroatoms. The first kappa shape index (κ1) is 19.4. The summed E-state index contributed by atoms with van der Waals surface area (Å²) in [6.07, 6.45) is 1.12. The number of carbonyl (C=O) groups excluding carboxylic acids is 1. The second-order valence-electron chi connectivity index (χ2n) is 6.81. The monoisotopic (exact) mass is 381 g/mol. The molecule has 0 unspecified atom stereocenters. The van der Waals surface area contributed by atoms with Gasteiger partial charge in [0.25, 0.3) is 5.91 Å². The zero-order valence-corrected chi connectivity index (χ0v) is 16.5. The first-order chi connectivity index (χ1) is 13.3. The fourth-order valence-electron chi connectivity index (χ4n) is 3.14. The topological polar surface area (TPSA) is 96.7 Å². The Hall–Kier alpha value is -3.35. The summed E-state index contributed by atoms with van der Waals surface area (Å²) in [6, 6.07) is 6.58. The van der Waals surface area contributed by atoms with Crippen molar-refractivity contribution in [2.45, 2.75) is 40.7 Å². The van der Waals surface area contributed by atoms with Crippen molar-refractivity contribution in [3.05, 3.63) is 63.3 Å². The van der Waals surface area contributed by atoms with Crippen LogP contribution in [-0.2, 0) is 4.79 Å². The zero-order valence-electron chi connectivity index (χ0n) is 16.5. The van der Waals surface area contributed by atoms with Gasteiger partial charge in [0.15, 0.2) is 6.10 Å². The van der Waals surface area contributed by atoms with Crippen LogP contribution in [0.15, 0.2) is 44.8 Å². The molecule has 1 amide bonds. The molecule has 0 aliphatic carbocycles. The summed E-state index contributed by atoms with van der Waals surface area (Å²) in [4.78, 5) is 27.0. The number of fused-ring (bicyclic) bond motifs is 1. The number of rotatable bonds is 5. The standard InChI is InChI=1S/C21H23N3O4/c1-11-8-19(25)28-18-9-16(6-7-17(11)18)27-15(5)21(26)24-23-14(4)20-12(2)10-22-13(20)3/h6-10,15,22H,1-5H3,(H,24,26)/b23-14+/t15-/m0/s1. The van der Waals surface area contributed by atoms with E-state index >= 15 is 0 Å². The van der Waals surface area contributed by atoms with Crippen molar-refractivity contribution in [2.24, 2.45) is 5.10 Å². The number of aryl methyl sites for hydroxylation is 3.